The van der Waals surface area contributed by atoms with E-state index in [0.717, 1.165) is 56.1 Å². The second kappa shape index (κ2) is 12.0. The van der Waals surface area contributed by atoms with E-state index in [9.17, 15) is 5.11 Å². The molecule has 3 aromatic heterocycles. The highest BCUT2D eigenvalue weighted by Crippen LogP contribution is 2.35. The fourth-order valence-corrected chi connectivity index (χ4v) is 5.85. The molecule has 0 aliphatic rings. The molecule has 10 heteroatoms. The summed E-state index contributed by atoms with van der Waals surface area (Å²) in [7, 11) is 0.441. The maximum atomic E-state index is 9.75. The molecule has 0 aliphatic heterocycles. The number of aromatic nitrogens is 5. The third-order valence-corrected chi connectivity index (χ3v) is 9.12. The van der Waals surface area contributed by atoms with Gasteiger partial charge in [0.15, 0.2) is 5.82 Å². The van der Waals surface area contributed by atoms with Gasteiger partial charge in [-0.15, -0.1) is 0 Å². The predicted molar refractivity (Wildman–Crippen MR) is 174 cm³/mol. The van der Waals surface area contributed by atoms with E-state index in [1.807, 2.05) is 65.5 Å². The second-order valence-corrected chi connectivity index (χ2v) is 17.3. The Bertz CT molecular complexity index is 1880. The molecule has 0 fully saturated rings. The molecule has 0 atom stereocenters. The molecule has 0 bridgehead atoms. The quantitative estimate of drug-likeness (QED) is 0.124. The molecule has 6 aromatic rings. The summed E-state index contributed by atoms with van der Waals surface area (Å²) in [4.78, 5) is 9.29. The molecule has 3 aromatic carbocycles. The van der Waals surface area contributed by atoms with Gasteiger partial charge in [-0.3, -0.25) is 9.55 Å². The number of aliphatic hydroxyl groups excluding tert-OH is 1. The molecule has 0 spiro atoms. The molecule has 2 N–H and O–H groups in total. The van der Waals surface area contributed by atoms with Crippen molar-refractivity contribution in [3.8, 4) is 22.6 Å². The minimum absolute atomic E-state index is 0.0514. The normalized spacial score (nSPS) is 11.8. The van der Waals surface area contributed by atoms with Crippen LogP contribution in [0.25, 0.3) is 38.8 Å². The number of imidazole rings is 1. The van der Waals surface area contributed by atoms with Crippen LogP contribution in [0.15, 0.2) is 85.2 Å². The number of hydrogen-bond donors (Lipinski definition) is 2. The van der Waals surface area contributed by atoms with E-state index in [-0.39, 0.29) is 6.61 Å². The Morgan fingerprint density at radius 3 is 2.53 bits per heavy atom. The van der Waals surface area contributed by atoms with Crippen molar-refractivity contribution < 1.29 is 14.6 Å². The minimum Gasteiger partial charge on any atom is -0.496 e. The first kappa shape index (κ1) is 28.6. The van der Waals surface area contributed by atoms with Crippen LogP contribution >= 0.6 is 0 Å². The van der Waals surface area contributed by atoms with Gasteiger partial charge in [0.2, 0.25) is 5.95 Å². The van der Waals surface area contributed by atoms with Crippen molar-refractivity contribution in [1.82, 2.24) is 24.3 Å². The van der Waals surface area contributed by atoms with Crippen molar-refractivity contribution in [1.29, 1.82) is 0 Å². The van der Waals surface area contributed by atoms with Crippen molar-refractivity contribution in [2.24, 2.45) is 0 Å². The third-order valence-electron chi connectivity index (χ3n) is 7.42. The lowest BCUT2D eigenvalue weighted by Gasteiger charge is -2.15. The number of ether oxygens (including phenoxy) is 2. The molecule has 0 radical (unpaired) electrons. The van der Waals surface area contributed by atoms with Gasteiger partial charge in [-0.25, -0.2) is 9.67 Å². The van der Waals surface area contributed by atoms with Gasteiger partial charge >= 0.3 is 0 Å². The zero-order chi connectivity index (χ0) is 30.0. The number of hydrogen-bond acceptors (Lipinski definition) is 7. The van der Waals surface area contributed by atoms with E-state index in [1.165, 1.54) is 0 Å². The van der Waals surface area contributed by atoms with E-state index < -0.39 is 8.07 Å². The summed E-state index contributed by atoms with van der Waals surface area (Å²) in [5.74, 6) is 2.02. The zero-order valence-electron chi connectivity index (χ0n) is 24.9. The van der Waals surface area contributed by atoms with Gasteiger partial charge in [-0.05, 0) is 59.6 Å². The van der Waals surface area contributed by atoms with Crippen molar-refractivity contribution >= 4 is 41.8 Å². The van der Waals surface area contributed by atoms with Crippen LogP contribution in [0.1, 0.15) is 5.56 Å². The van der Waals surface area contributed by atoms with Crippen molar-refractivity contribution in [3.05, 3.63) is 90.8 Å². The molecule has 9 nitrogen and oxygen atoms in total. The lowest BCUT2D eigenvalue weighted by molar-refractivity contribution is 0.0819. The largest absolute Gasteiger partial charge is 0.496 e. The lowest BCUT2D eigenvalue weighted by atomic mass is 10.0. The number of benzene rings is 3. The van der Waals surface area contributed by atoms with E-state index in [0.29, 0.717) is 25.1 Å². The number of fused-ring (bicyclic) bond motifs is 2. The highest BCUT2D eigenvalue weighted by Gasteiger charge is 2.19. The van der Waals surface area contributed by atoms with Gasteiger partial charge in [0, 0.05) is 43.7 Å². The maximum Gasteiger partial charge on any atom is 0.214 e. The molecule has 0 amide bonds. The summed E-state index contributed by atoms with van der Waals surface area (Å²) in [6.45, 7) is 8.02. The first-order chi connectivity index (χ1) is 20.8. The van der Waals surface area contributed by atoms with Crippen molar-refractivity contribution in [3.63, 3.8) is 0 Å². The standard InChI is InChI=1S/C33H36N6O3Si/c1-41-31-14-15-34-20-27(31)24-11-13-29-26(19-24)32(37-38(29)22-42-16-17-43(2,3)4)36-33-35-28-18-23(21-40)10-12-30(28)39(33)25-8-6-5-7-9-25/h5-15,18-20,40H,16-17,21-22H2,1-4H3,(H,35,36,37). The Labute approximate surface area is 251 Å². The fraction of sp³-hybridized carbons (Fsp3) is 0.242. The minimum atomic E-state index is -1.22. The Morgan fingerprint density at radius 1 is 0.953 bits per heavy atom. The van der Waals surface area contributed by atoms with Crippen LogP contribution in [0, 0.1) is 0 Å². The first-order valence-corrected chi connectivity index (χ1v) is 18.1. The number of pyridine rings is 1. The van der Waals surface area contributed by atoms with E-state index in [1.54, 1.807) is 13.3 Å². The van der Waals surface area contributed by atoms with Gasteiger partial charge < -0.3 is 19.9 Å². The summed E-state index contributed by atoms with van der Waals surface area (Å²) in [6, 6.07) is 25.1. The average molecular weight is 593 g/mol. The Hall–Kier alpha value is -4.51. The van der Waals surface area contributed by atoms with Crippen LogP contribution in [0.5, 0.6) is 5.75 Å². The summed E-state index contributed by atoms with van der Waals surface area (Å²) >= 11 is 0. The average Bonchev–Trinajstić information content (AvgIpc) is 3.55. The van der Waals surface area contributed by atoms with E-state index >= 15 is 0 Å². The van der Waals surface area contributed by atoms with Crippen molar-refractivity contribution in [2.75, 3.05) is 19.0 Å². The number of aliphatic hydroxyl groups is 1. The molecule has 220 valence electrons. The summed E-state index contributed by atoms with van der Waals surface area (Å²) in [5.41, 5.74) is 6.25. The number of nitrogens with one attached hydrogen (secondary N) is 1. The van der Waals surface area contributed by atoms with Crippen molar-refractivity contribution in [2.45, 2.75) is 39.0 Å². The molecule has 0 saturated carbocycles. The Kier molecular flexibility index (Phi) is 7.98. The molecule has 0 saturated heterocycles. The van der Waals surface area contributed by atoms with Gasteiger partial charge in [0.1, 0.15) is 12.5 Å². The van der Waals surface area contributed by atoms with Gasteiger partial charge in [-0.1, -0.05) is 50.0 Å². The predicted octanol–water partition coefficient (Wildman–Crippen LogP) is 6.99. The van der Waals surface area contributed by atoms with Crippen LogP contribution in [0.4, 0.5) is 11.8 Å². The third kappa shape index (κ3) is 6.03. The number of rotatable bonds is 11. The molecule has 0 aliphatic carbocycles. The summed E-state index contributed by atoms with van der Waals surface area (Å²) in [5, 5.41) is 19.2. The highest BCUT2D eigenvalue weighted by molar-refractivity contribution is 6.76. The van der Waals surface area contributed by atoms with Crippen LogP contribution in [-0.4, -0.2) is 51.2 Å². The number of methoxy groups -OCH3 is 1. The Balaban J connectivity index is 1.46. The molecule has 0 unspecified atom stereocenters. The van der Waals surface area contributed by atoms with Gasteiger partial charge in [-0.2, -0.15) is 5.10 Å². The van der Waals surface area contributed by atoms with Crippen LogP contribution in [0.3, 0.4) is 0 Å². The summed E-state index contributed by atoms with van der Waals surface area (Å²) in [6.07, 6.45) is 3.53. The zero-order valence-corrected chi connectivity index (χ0v) is 25.9. The fourth-order valence-electron chi connectivity index (χ4n) is 5.10. The molecular weight excluding hydrogens is 556 g/mol. The topological polar surface area (TPSA) is 99.2 Å². The highest BCUT2D eigenvalue weighted by atomic mass is 28.3. The maximum absolute atomic E-state index is 9.75. The van der Waals surface area contributed by atoms with Crippen LogP contribution in [0.2, 0.25) is 25.7 Å². The van der Waals surface area contributed by atoms with E-state index in [2.05, 4.69) is 52.7 Å². The second-order valence-electron chi connectivity index (χ2n) is 11.7. The number of nitrogens with zero attached hydrogens (tertiary/aromatic N) is 5. The monoisotopic (exact) mass is 592 g/mol. The SMILES string of the molecule is COc1ccncc1-c1ccc2c(c1)c(Nc1nc3cc(CO)ccc3n1-c1ccccc1)nn2COCC[Si](C)(C)C. The number of para-hydroxylation sites is 1. The molecular formula is C33H36N6O3Si. The summed E-state index contributed by atoms with van der Waals surface area (Å²) < 4.78 is 15.7. The molecule has 6 rings (SSSR count). The van der Waals surface area contributed by atoms with Crippen LogP contribution in [-0.2, 0) is 18.1 Å². The molecule has 3 heterocycles. The van der Waals surface area contributed by atoms with Crippen LogP contribution < -0.4 is 10.1 Å². The van der Waals surface area contributed by atoms with Gasteiger partial charge in [0.05, 0.1) is 30.3 Å². The molecule has 43 heavy (non-hydrogen) atoms. The smallest absolute Gasteiger partial charge is 0.214 e. The van der Waals surface area contributed by atoms with E-state index in [4.69, 9.17) is 19.6 Å². The number of anilines is 2. The first-order valence-electron chi connectivity index (χ1n) is 14.4. The van der Waals surface area contributed by atoms with Gasteiger partial charge in [0.25, 0.3) is 0 Å². The lowest BCUT2D eigenvalue weighted by Crippen LogP contribution is -2.22. The Morgan fingerprint density at radius 2 is 1.77 bits per heavy atom.